The van der Waals surface area contributed by atoms with Crippen molar-refractivity contribution in [3.63, 3.8) is 0 Å². The van der Waals surface area contributed by atoms with E-state index >= 15 is 0 Å². The van der Waals surface area contributed by atoms with Crippen LogP contribution in [0.5, 0.6) is 0 Å². The van der Waals surface area contributed by atoms with Gasteiger partial charge in [-0.2, -0.15) is 5.26 Å². The minimum atomic E-state index is -0.132. The van der Waals surface area contributed by atoms with Crippen molar-refractivity contribution < 1.29 is 4.79 Å². The fourth-order valence-electron chi connectivity index (χ4n) is 5.22. The van der Waals surface area contributed by atoms with Gasteiger partial charge in [0, 0.05) is 35.5 Å². The van der Waals surface area contributed by atoms with Gasteiger partial charge in [-0.25, -0.2) is 4.79 Å². The van der Waals surface area contributed by atoms with Crippen LogP contribution in [0.25, 0.3) is 0 Å². The highest BCUT2D eigenvalue weighted by Crippen LogP contribution is 2.34. The van der Waals surface area contributed by atoms with Gasteiger partial charge >= 0.3 is 6.03 Å². The van der Waals surface area contributed by atoms with Crippen LogP contribution in [0.1, 0.15) is 50.5 Å². The van der Waals surface area contributed by atoms with E-state index in [9.17, 15) is 4.79 Å². The number of piperidine rings is 1. The third-order valence-electron chi connectivity index (χ3n) is 6.84. The van der Waals surface area contributed by atoms with E-state index in [1.807, 2.05) is 24.3 Å². The molecule has 0 unspecified atom stereocenters. The number of rotatable bonds is 5. The van der Waals surface area contributed by atoms with E-state index in [0.717, 1.165) is 31.6 Å². The molecule has 168 valence electrons. The van der Waals surface area contributed by atoms with Gasteiger partial charge in [0.05, 0.1) is 11.6 Å². The first kappa shape index (κ1) is 22.5. The summed E-state index contributed by atoms with van der Waals surface area (Å²) < 4.78 is 0. The minimum absolute atomic E-state index is 0.132. The Morgan fingerprint density at radius 3 is 2.53 bits per heavy atom. The molecule has 1 saturated heterocycles. The van der Waals surface area contributed by atoms with Crippen LogP contribution in [0.2, 0.25) is 5.02 Å². The highest BCUT2D eigenvalue weighted by molar-refractivity contribution is 6.30. The summed E-state index contributed by atoms with van der Waals surface area (Å²) in [6.45, 7) is 2.12. The van der Waals surface area contributed by atoms with Crippen LogP contribution in [0.15, 0.2) is 48.5 Å². The molecular formula is C26H31ClN4O. The maximum atomic E-state index is 12.6. The molecule has 2 aromatic rings. The third kappa shape index (κ3) is 5.95. The van der Waals surface area contributed by atoms with Crippen LogP contribution in [0.3, 0.4) is 0 Å². The first-order chi connectivity index (χ1) is 15.6. The number of nitrogens with one attached hydrogen (secondary N) is 2. The summed E-state index contributed by atoms with van der Waals surface area (Å²) in [6.07, 6.45) is 8.22. The van der Waals surface area contributed by atoms with Crippen LogP contribution in [-0.4, -0.2) is 25.2 Å². The number of hydrogen-bond donors (Lipinski definition) is 2. The average molecular weight is 451 g/mol. The Kier molecular flexibility index (Phi) is 7.55. The maximum absolute atomic E-state index is 12.6. The van der Waals surface area contributed by atoms with Crippen LogP contribution >= 0.6 is 11.6 Å². The van der Waals surface area contributed by atoms with Crippen molar-refractivity contribution in [3.05, 3.63) is 59.1 Å². The van der Waals surface area contributed by atoms with E-state index < -0.39 is 0 Å². The number of nitriles is 1. The number of nitrogens with zero attached hydrogens (tertiary/aromatic N) is 2. The Hall–Kier alpha value is -2.71. The zero-order valence-corrected chi connectivity index (χ0v) is 19.2. The first-order valence-corrected chi connectivity index (χ1v) is 12.1. The number of carbonyl (C=O) groups is 1. The normalized spacial score (nSPS) is 23.2. The summed E-state index contributed by atoms with van der Waals surface area (Å²) in [7, 11) is 0. The van der Waals surface area contributed by atoms with Gasteiger partial charge in [0.1, 0.15) is 0 Å². The summed E-state index contributed by atoms with van der Waals surface area (Å²) in [4.78, 5) is 15.1. The summed E-state index contributed by atoms with van der Waals surface area (Å²) in [5.74, 6) is 1.15. The zero-order valence-electron chi connectivity index (χ0n) is 18.4. The Morgan fingerprint density at radius 2 is 1.78 bits per heavy atom. The van der Waals surface area contributed by atoms with Crippen LogP contribution in [0, 0.1) is 23.2 Å². The summed E-state index contributed by atoms with van der Waals surface area (Å²) in [5, 5.41) is 15.9. The fourth-order valence-corrected chi connectivity index (χ4v) is 5.34. The van der Waals surface area contributed by atoms with E-state index in [1.165, 1.54) is 37.8 Å². The Labute approximate surface area is 195 Å². The van der Waals surface area contributed by atoms with Gasteiger partial charge in [0.25, 0.3) is 0 Å². The number of amides is 2. The molecule has 0 bridgehead atoms. The van der Waals surface area contributed by atoms with Gasteiger partial charge in [-0.1, -0.05) is 24.4 Å². The van der Waals surface area contributed by atoms with Crippen molar-refractivity contribution in [2.24, 2.45) is 11.8 Å². The van der Waals surface area contributed by atoms with Crippen LogP contribution < -0.4 is 15.5 Å². The van der Waals surface area contributed by atoms with E-state index in [-0.39, 0.29) is 12.1 Å². The first-order valence-electron chi connectivity index (χ1n) is 11.7. The predicted octanol–water partition coefficient (Wildman–Crippen LogP) is 6.20. The predicted molar refractivity (Wildman–Crippen MR) is 130 cm³/mol. The summed E-state index contributed by atoms with van der Waals surface area (Å²) in [5.41, 5.74) is 2.66. The molecule has 2 aliphatic rings. The number of anilines is 2. The lowest BCUT2D eigenvalue weighted by Gasteiger charge is -2.39. The molecule has 3 atom stereocenters. The molecule has 1 aliphatic carbocycles. The third-order valence-corrected chi connectivity index (χ3v) is 7.10. The van der Waals surface area contributed by atoms with Gasteiger partial charge in [-0.15, -0.1) is 0 Å². The van der Waals surface area contributed by atoms with Crippen molar-refractivity contribution in [2.45, 2.75) is 51.0 Å². The fraction of sp³-hybridized carbons (Fsp3) is 0.462. The van der Waals surface area contributed by atoms with Crippen molar-refractivity contribution in [1.82, 2.24) is 5.32 Å². The van der Waals surface area contributed by atoms with Crippen molar-refractivity contribution >= 4 is 29.0 Å². The monoisotopic (exact) mass is 450 g/mol. The Morgan fingerprint density at radius 1 is 1.03 bits per heavy atom. The molecule has 2 amide bonds. The number of halogens is 1. The molecule has 2 fully saturated rings. The highest BCUT2D eigenvalue weighted by atomic mass is 35.5. The molecule has 0 spiro atoms. The molecule has 0 aromatic heterocycles. The SMILES string of the molecule is N#Cc1ccc(N2CCC[C@H](C[C@@H]3CCCC[C@H]3NC(=O)Nc3ccc(Cl)cc3)C2)cc1. The molecule has 5 nitrogen and oxygen atoms in total. The van der Waals surface area contributed by atoms with Crippen LogP contribution in [-0.2, 0) is 0 Å². The number of urea groups is 1. The lowest BCUT2D eigenvalue weighted by atomic mass is 9.77. The van der Waals surface area contributed by atoms with Crippen molar-refractivity contribution in [3.8, 4) is 6.07 Å². The summed E-state index contributed by atoms with van der Waals surface area (Å²) >= 11 is 5.93. The van der Waals surface area contributed by atoms with Gasteiger partial charge in [-0.05, 0) is 92.5 Å². The molecule has 0 radical (unpaired) electrons. The van der Waals surface area contributed by atoms with E-state index in [0.29, 0.717) is 22.4 Å². The second kappa shape index (κ2) is 10.7. The minimum Gasteiger partial charge on any atom is -0.371 e. The van der Waals surface area contributed by atoms with E-state index in [4.69, 9.17) is 16.9 Å². The zero-order chi connectivity index (χ0) is 22.3. The number of hydrogen-bond acceptors (Lipinski definition) is 3. The second-order valence-corrected chi connectivity index (χ2v) is 9.54. The summed E-state index contributed by atoms with van der Waals surface area (Å²) in [6, 6.07) is 17.4. The van der Waals surface area contributed by atoms with Crippen molar-refractivity contribution in [2.75, 3.05) is 23.3 Å². The molecule has 2 aromatic carbocycles. The molecule has 4 rings (SSSR count). The van der Waals surface area contributed by atoms with Gasteiger partial charge in [0.15, 0.2) is 0 Å². The molecule has 6 heteroatoms. The number of carbonyl (C=O) groups excluding carboxylic acids is 1. The second-order valence-electron chi connectivity index (χ2n) is 9.11. The smallest absolute Gasteiger partial charge is 0.319 e. The lowest BCUT2D eigenvalue weighted by Crippen LogP contribution is -2.45. The molecule has 32 heavy (non-hydrogen) atoms. The van der Waals surface area contributed by atoms with Gasteiger partial charge in [-0.3, -0.25) is 0 Å². The average Bonchev–Trinajstić information content (AvgIpc) is 2.82. The van der Waals surface area contributed by atoms with Crippen LogP contribution in [0.4, 0.5) is 16.2 Å². The molecule has 2 N–H and O–H groups in total. The standard InChI is InChI=1S/C26H31ClN4O/c27-22-9-11-23(12-10-22)29-26(32)30-25-6-2-1-5-21(25)16-20-4-3-15-31(18-20)24-13-7-19(17-28)8-14-24/h7-14,20-21,25H,1-6,15-16,18H2,(H2,29,30,32)/t20-,21+,25-/m1/s1. The largest absolute Gasteiger partial charge is 0.371 e. The lowest BCUT2D eigenvalue weighted by molar-refractivity contribution is 0.203. The van der Waals surface area contributed by atoms with Gasteiger partial charge < -0.3 is 15.5 Å². The molecular weight excluding hydrogens is 420 g/mol. The van der Waals surface area contributed by atoms with Crippen molar-refractivity contribution in [1.29, 1.82) is 5.26 Å². The van der Waals surface area contributed by atoms with Gasteiger partial charge in [0.2, 0.25) is 0 Å². The Balaban J connectivity index is 1.33. The number of benzene rings is 2. The molecule has 1 heterocycles. The maximum Gasteiger partial charge on any atom is 0.319 e. The quantitative estimate of drug-likeness (QED) is 0.569. The Bertz CT molecular complexity index is 938. The molecule has 1 saturated carbocycles. The molecule has 1 aliphatic heterocycles. The topological polar surface area (TPSA) is 68.2 Å². The highest BCUT2D eigenvalue weighted by Gasteiger charge is 2.30. The van der Waals surface area contributed by atoms with E-state index in [2.05, 4.69) is 33.7 Å². The van der Waals surface area contributed by atoms with E-state index in [1.54, 1.807) is 12.1 Å².